The van der Waals surface area contributed by atoms with Crippen LogP contribution in [0.25, 0.3) is 17.1 Å². The van der Waals surface area contributed by atoms with Gasteiger partial charge in [0.1, 0.15) is 11.5 Å². The summed E-state index contributed by atoms with van der Waals surface area (Å²) in [6.07, 6.45) is 0. The largest absolute Gasteiger partial charge is 0.457 e. The average molecular weight is 513 g/mol. The lowest BCUT2D eigenvalue weighted by Crippen LogP contribution is -2.14. The van der Waals surface area contributed by atoms with Gasteiger partial charge in [-0.25, -0.2) is 0 Å². The lowest BCUT2D eigenvalue weighted by molar-refractivity contribution is -0.113. The van der Waals surface area contributed by atoms with Crippen LogP contribution < -0.4 is 10.1 Å². The molecule has 0 aliphatic heterocycles. The first-order valence-corrected chi connectivity index (χ1v) is 12.5. The van der Waals surface area contributed by atoms with E-state index in [0.29, 0.717) is 27.4 Å². The number of nitrogens with zero attached hydrogens (tertiary/aromatic N) is 3. The summed E-state index contributed by atoms with van der Waals surface area (Å²) in [6, 6.07) is 34.0. The third kappa shape index (κ3) is 5.76. The molecule has 0 radical (unpaired) electrons. The first kappa shape index (κ1) is 23.7. The second-order valence-electron chi connectivity index (χ2n) is 7.76. The van der Waals surface area contributed by atoms with Crippen molar-refractivity contribution in [3.63, 3.8) is 0 Å². The van der Waals surface area contributed by atoms with Crippen molar-refractivity contribution in [3.05, 3.63) is 114 Å². The van der Waals surface area contributed by atoms with Gasteiger partial charge in [-0.2, -0.15) is 0 Å². The number of hydrogen-bond donors (Lipinski definition) is 1. The van der Waals surface area contributed by atoms with Gasteiger partial charge >= 0.3 is 0 Å². The molecule has 0 aliphatic rings. The molecular formula is C28H21ClN4O2S. The summed E-state index contributed by atoms with van der Waals surface area (Å²) >= 11 is 7.41. The number of rotatable bonds is 8. The zero-order valence-electron chi connectivity index (χ0n) is 19.0. The third-order valence-corrected chi connectivity index (χ3v) is 6.38. The normalized spacial score (nSPS) is 10.7. The Morgan fingerprint density at radius 2 is 1.44 bits per heavy atom. The number of para-hydroxylation sites is 1. The molecule has 1 aromatic heterocycles. The Bertz CT molecular complexity index is 1440. The molecule has 1 amide bonds. The molecule has 0 atom stereocenters. The Morgan fingerprint density at radius 3 is 2.14 bits per heavy atom. The topological polar surface area (TPSA) is 69.0 Å². The number of halogens is 1. The van der Waals surface area contributed by atoms with Gasteiger partial charge in [-0.1, -0.05) is 71.9 Å². The van der Waals surface area contributed by atoms with Gasteiger partial charge < -0.3 is 10.1 Å². The van der Waals surface area contributed by atoms with Crippen LogP contribution in [0.4, 0.5) is 5.69 Å². The molecule has 0 unspecified atom stereocenters. The quantitative estimate of drug-likeness (QED) is 0.224. The van der Waals surface area contributed by atoms with Crippen molar-refractivity contribution in [1.29, 1.82) is 0 Å². The van der Waals surface area contributed by atoms with Crippen LogP contribution in [0.15, 0.2) is 114 Å². The number of carbonyl (C=O) groups excluding carboxylic acids is 1. The molecule has 8 heteroatoms. The Labute approximate surface area is 217 Å². The number of anilines is 1. The highest BCUT2D eigenvalue weighted by molar-refractivity contribution is 7.99. The van der Waals surface area contributed by atoms with Crippen LogP contribution in [0.3, 0.4) is 0 Å². The van der Waals surface area contributed by atoms with Crippen LogP contribution in [0.1, 0.15) is 0 Å². The van der Waals surface area contributed by atoms with Gasteiger partial charge in [0.05, 0.1) is 5.75 Å². The Morgan fingerprint density at radius 1 is 0.806 bits per heavy atom. The number of amides is 1. The number of thioether (sulfide) groups is 1. The third-order valence-electron chi connectivity index (χ3n) is 5.20. The molecule has 1 N–H and O–H groups in total. The molecular weight excluding hydrogens is 492 g/mol. The highest BCUT2D eigenvalue weighted by Crippen LogP contribution is 2.29. The lowest BCUT2D eigenvalue weighted by atomic mass is 10.2. The van der Waals surface area contributed by atoms with Crippen molar-refractivity contribution in [2.24, 2.45) is 0 Å². The molecule has 0 spiro atoms. The van der Waals surface area contributed by atoms with E-state index in [1.807, 2.05) is 114 Å². The van der Waals surface area contributed by atoms with Gasteiger partial charge in [0.15, 0.2) is 11.0 Å². The average Bonchev–Trinajstić information content (AvgIpc) is 3.34. The summed E-state index contributed by atoms with van der Waals surface area (Å²) in [4.78, 5) is 12.7. The SMILES string of the molecule is O=C(CSc1nnc(-c2ccccc2)n1-c1ccc(Cl)cc1)Nc1ccc(Oc2ccccc2)cc1. The van der Waals surface area contributed by atoms with Crippen molar-refractivity contribution in [2.75, 3.05) is 11.1 Å². The van der Waals surface area contributed by atoms with E-state index in [1.165, 1.54) is 11.8 Å². The smallest absolute Gasteiger partial charge is 0.234 e. The fraction of sp³-hybridized carbons (Fsp3) is 0.0357. The molecule has 0 saturated carbocycles. The maximum absolute atomic E-state index is 12.7. The number of nitrogens with one attached hydrogen (secondary N) is 1. The number of ether oxygens (including phenoxy) is 1. The molecule has 4 aromatic carbocycles. The summed E-state index contributed by atoms with van der Waals surface area (Å²) < 4.78 is 7.73. The second kappa shape index (κ2) is 11.1. The maximum Gasteiger partial charge on any atom is 0.234 e. The Balaban J connectivity index is 1.28. The van der Waals surface area contributed by atoms with Crippen molar-refractivity contribution in [1.82, 2.24) is 14.8 Å². The molecule has 1 heterocycles. The van der Waals surface area contributed by atoms with Gasteiger partial charge in [0, 0.05) is 22.0 Å². The Kier molecular flexibility index (Phi) is 7.30. The number of carbonyl (C=O) groups is 1. The van der Waals surface area contributed by atoms with Crippen molar-refractivity contribution >= 4 is 35.0 Å². The number of aromatic nitrogens is 3. The fourth-order valence-electron chi connectivity index (χ4n) is 3.52. The minimum atomic E-state index is -0.149. The van der Waals surface area contributed by atoms with Crippen LogP contribution in [0.2, 0.25) is 5.02 Å². The van der Waals surface area contributed by atoms with E-state index in [9.17, 15) is 4.79 Å². The van der Waals surface area contributed by atoms with Crippen molar-refractivity contribution in [3.8, 4) is 28.6 Å². The molecule has 36 heavy (non-hydrogen) atoms. The first-order chi connectivity index (χ1) is 17.7. The fourth-order valence-corrected chi connectivity index (χ4v) is 4.40. The molecule has 0 bridgehead atoms. The van der Waals surface area contributed by atoms with Crippen LogP contribution in [-0.4, -0.2) is 26.4 Å². The summed E-state index contributed by atoms with van der Waals surface area (Å²) in [7, 11) is 0. The summed E-state index contributed by atoms with van der Waals surface area (Å²) in [5.74, 6) is 2.16. The lowest BCUT2D eigenvalue weighted by Gasteiger charge is -2.11. The molecule has 0 fully saturated rings. The molecule has 5 aromatic rings. The predicted octanol–water partition coefficient (Wildman–Crippen LogP) is 7.11. The Hall–Kier alpha value is -4.07. The van der Waals surface area contributed by atoms with E-state index in [0.717, 1.165) is 17.0 Å². The van der Waals surface area contributed by atoms with E-state index in [1.54, 1.807) is 0 Å². The van der Waals surface area contributed by atoms with E-state index in [2.05, 4.69) is 15.5 Å². The molecule has 178 valence electrons. The van der Waals surface area contributed by atoms with Crippen molar-refractivity contribution in [2.45, 2.75) is 5.16 Å². The van der Waals surface area contributed by atoms with Gasteiger partial charge in [-0.15, -0.1) is 10.2 Å². The second-order valence-corrected chi connectivity index (χ2v) is 9.14. The van der Waals surface area contributed by atoms with Crippen LogP contribution in [0, 0.1) is 0 Å². The zero-order chi connectivity index (χ0) is 24.7. The van der Waals surface area contributed by atoms with E-state index in [4.69, 9.17) is 16.3 Å². The van der Waals surface area contributed by atoms with Crippen molar-refractivity contribution < 1.29 is 9.53 Å². The minimum Gasteiger partial charge on any atom is -0.457 e. The van der Waals surface area contributed by atoms with Crippen LogP contribution >= 0.6 is 23.4 Å². The summed E-state index contributed by atoms with van der Waals surface area (Å²) in [5, 5.41) is 12.9. The predicted molar refractivity (Wildman–Crippen MR) is 144 cm³/mol. The van der Waals surface area contributed by atoms with E-state index < -0.39 is 0 Å². The highest BCUT2D eigenvalue weighted by Gasteiger charge is 2.17. The summed E-state index contributed by atoms with van der Waals surface area (Å²) in [5.41, 5.74) is 2.47. The number of hydrogen-bond acceptors (Lipinski definition) is 5. The van der Waals surface area contributed by atoms with Gasteiger partial charge in [-0.3, -0.25) is 9.36 Å². The maximum atomic E-state index is 12.7. The first-order valence-electron chi connectivity index (χ1n) is 11.2. The standard InChI is InChI=1S/C28H21ClN4O2S/c29-21-11-15-23(16-12-21)33-27(20-7-3-1-4-8-20)31-32-28(33)36-19-26(34)30-22-13-17-25(18-14-22)35-24-9-5-2-6-10-24/h1-18H,19H2,(H,30,34). The molecule has 5 rings (SSSR count). The van der Waals surface area contributed by atoms with E-state index >= 15 is 0 Å². The van der Waals surface area contributed by atoms with Crippen LogP contribution in [0.5, 0.6) is 11.5 Å². The van der Waals surface area contributed by atoms with E-state index in [-0.39, 0.29) is 11.7 Å². The molecule has 6 nitrogen and oxygen atoms in total. The minimum absolute atomic E-state index is 0.149. The monoisotopic (exact) mass is 512 g/mol. The van der Waals surface area contributed by atoms with Gasteiger partial charge in [0.2, 0.25) is 5.91 Å². The van der Waals surface area contributed by atoms with Gasteiger partial charge in [0.25, 0.3) is 0 Å². The molecule has 0 saturated heterocycles. The summed E-state index contributed by atoms with van der Waals surface area (Å²) in [6.45, 7) is 0. The number of benzene rings is 4. The van der Waals surface area contributed by atoms with Gasteiger partial charge in [-0.05, 0) is 60.7 Å². The van der Waals surface area contributed by atoms with Crippen LogP contribution in [-0.2, 0) is 4.79 Å². The zero-order valence-corrected chi connectivity index (χ0v) is 20.6. The highest BCUT2D eigenvalue weighted by atomic mass is 35.5. The molecule has 0 aliphatic carbocycles.